The molecule has 2 fully saturated rings. The van der Waals surface area contributed by atoms with Gasteiger partial charge in [-0.25, -0.2) is 0 Å². The predicted molar refractivity (Wildman–Crippen MR) is 90.7 cm³/mol. The van der Waals surface area contributed by atoms with Crippen LogP contribution in [0.25, 0.3) is 0 Å². The van der Waals surface area contributed by atoms with E-state index in [2.05, 4.69) is 57.3 Å². The van der Waals surface area contributed by atoms with Crippen LogP contribution in [0.5, 0.6) is 0 Å². The molecule has 0 spiro atoms. The topological polar surface area (TPSA) is 30.5 Å². The summed E-state index contributed by atoms with van der Waals surface area (Å²) in [5.41, 5.74) is 1.69. The summed E-state index contributed by atoms with van der Waals surface area (Å²) in [6.45, 7) is 8.35. The van der Waals surface area contributed by atoms with Gasteiger partial charge < -0.3 is 14.6 Å². The van der Waals surface area contributed by atoms with Gasteiger partial charge in [-0.1, -0.05) is 12.1 Å². The summed E-state index contributed by atoms with van der Waals surface area (Å²) in [6, 6.07) is 9.06. The average molecular weight is 310 g/mol. The van der Waals surface area contributed by atoms with Gasteiger partial charge in [-0.15, -0.1) is 12.4 Å². The zero-order valence-corrected chi connectivity index (χ0v) is 14.1. The van der Waals surface area contributed by atoms with Crippen LogP contribution in [-0.4, -0.2) is 24.4 Å². The van der Waals surface area contributed by atoms with E-state index in [0.29, 0.717) is 6.04 Å². The molecule has 1 saturated heterocycles. The van der Waals surface area contributed by atoms with E-state index in [1.54, 1.807) is 0 Å². The molecule has 1 aromatic rings. The van der Waals surface area contributed by atoms with Crippen molar-refractivity contribution < 1.29 is 9.31 Å². The highest BCUT2D eigenvalue weighted by atomic mass is 35.5. The van der Waals surface area contributed by atoms with Gasteiger partial charge in [0.05, 0.1) is 11.2 Å². The molecule has 1 aromatic carbocycles. The van der Waals surface area contributed by atoms with Crippen molar-refractivity contribution in [2.75, 3.05) is 5.32 Å². The van der Waals surface area contributed by atoms with E-state index in [4.69, 9.17) is 9.31 Å². The smallest absolute Gasteiger partial charge is 0.399 e. The van der Waals surface area contributed by atoms with E-state index in [1.165, 1.54) is 24.9 Å². The minimum Gasteiger partial charge on any atom is -0.399 e. The Morgan fingerprint density at radius 1 is 1.10 bits per heavy atom. The standard InChI is InChI=1S/C16H24BNO2.ClH/c1-15(2)16(3,4)20-17(19-15)12-7-5-10-14(11-12)18-13-8-6-9-13;/h5,7,10-11,13,18H,6,8-9H2,1-4H3;1H. The lowest BCUT2D eigenvalue weighted by Crippen LogP contribution is -2.41. The van der Waals surface area contributed by atoms with Gasteiger partial charge in [0.25, 0.3) is 0 Å². The molecule has 0 radical (unpaired) electrons. The fraction of sp³-hybridized carbons (Fsp3) is 0.625. The van der Waals surface area contributed by atoms with Gasteiger partial charge in [0.2, 0.25) is 0 Å². The molecule has 116 valence electrons. The van der Waals surface area contributed by atoms with Crippen LogP contribution in [0.15, 0.2) is 24.3 Å². The number of anilines is 1. The maximum absolute atomic E-state index is 6.10. The molecule has 1 saturated carbocycles. The SMILES string of the molecule is CC1(C)OB(c2cccc(NC3CCC3)c2)OC1(C)C.Cl. The van der Waals surface area contributed by atoms with Crippen LogP contribution in [-0.2, 0) is 9.31 Å². The largest absolute Gasteiger partial charge is 0.494 e. The molecule has 1 aliphatic carbocycles. The molecule has 0 bridgehead atoms. The maximum Gasteiger partial charge on any atom is 0.494 e. The second-order valence-electron chi connectivity index (χ2n) is 6.99. The Balaban J connectivity index is 0.00000161. The van der Waals surface area contributed by atoms with E-state index >= 15 is 0 Å². The molecule has 2 aliphatic rings. The summed E-state index contributed by atoms with van der Waals surface area (Å²) in [5, 5.41) is 3.57. The van der Waals surface area contributed by atoms with Crippen LogP contribution in [0.3, 0.4) is 0 Å². The van der Waals surface area contributed by atoms with E-state index in [0.717, 1.165) is 5.46 Å². The van der Waals surface area contributed by atoms with Crippen LogP contribution in [0.1, 0.15) is 47.0 Å². The van der Waals surface area contributed by atoms with Crippen LogP contribution < -0.4 is 10.8 Å². The van der Waals surface area contributed by atoms with Crippen molar-refractivity contribution in [2.45, 2.75) is 64.2 Å². The van der Waals surface area contributed by atoms with Crippen LogP contribution in [0.2, 0.25) is 0 Å². The monoisotopic (exact) mass is 309 g/mol. The predicted octanol–water partition coefficient (Wildman–Crippen LogP) is 3.37. The summed E-state index contributed by atoms with van der Waals surface area (Å²) >= 11 is 0. The Labute approximate surface area is 134 Å². The molecule has 3 nitrogen and oxygen atoms in total. The summed E-state index contributed by atoms with van der Waals surface area (Å²) in [5.74, 6) is 0. The Hall–Kier alpha value is -0.705. The summed E-state index contributed by atoms with van der Waals surface area (Å²) in [6.07, 6.45) is 3.90. The molecule has 1 N–H and O–H groups in total. The fourth-order valence-corrected chi connectivity index (χ4v) is 2.54. The number of hydrogen-bond acceptors (Lipinski definition) is 3. The average Bonchev–Trinajstić information content (AvgIpc) is 2.54. The molecule has 0 atom stereocenters. The van der Waals surface area contributed by atoms with Crippen molar-refractivity contribution in [3.05, 3.63) is 24.3 Å². The zero-order chi connectivity index (χ0) is 14.4. The first-order chi connectivity index (χ1) is 9.37. The second kappa shape index (κ2) is 5.83. The van der Waals surface area contributed by atoms with Crippen LogP contribution in [0, 0.1) is 0 Å². The minimum absolute atomic E-state index is 0. The van der Waals surface area contributed by atoms with Gasteiger partial charge in [-0.05, 0) is 64.6 Å². The molecule has 0 amide bonds. The first-order valence-electron chi connectivity index (χ1n) is 7.59. The highest BCUT2D eigenvalue weighted by molar-refractivity contribution is 6.62. The Kier molecular flexibility index (Phi) is 4.62. The Morgan fingerprint density at radius 3 is 2.24 bits per heavy atom. The first-order valence-corrected chi connectivity index (χ1v) is 7.59. The summed E-state index contributed by atoms with van der Waals surface area (Å²) < 4.78 is 12.2. The molecule has 0 aromatic heterocycles. The van der Waals surface area contributed by atoms with Gasteiger partial charge in [-0.3, -0.25) is 0 Å². The van der Waals surface area contributed by atoms with Crippen LogP contribution >= 0.6 is 12.4 Å². The quantitative estimate of drug-likeness (QED) is 0.868. The van der Waals surface area contributed by atoms with Gasteiger partial charge in [0.15, 0.2) is 0 Å². The summed E-state index contributed by atoms with van der Waals surface area (Å²) in [7, 11) is -0.275. The molecular weight excluding hydrogens is 284 g/mol. The lowest BCUT2D eigenvalue weighted by Gasteiger charge is -2.32. The van der Waals surface area contributed by atoms with Crippen molar-refractivity contribution in [3.8, 4) is 0 Å². The third-order valence-corrected chi connectivity index (χ3v) is 4.89. The van der Waals surface area contributed by atoms with Gasteiger partial charge in [0.1, 0.15) is 0 Å². The number of rotatable bonds is 3. The van der Waals surface area contributed by atoms with Crippen LogP contribution in [0.4, 0.5) is 5.69 Å². The molecular formula is C16H25BClNO2. The second-order valence-corrected chi connectivity index (χ2v) is 6.99. The molecule has 21 heavy (non-hydrogen) atoms. The van der Waals surface area contributed by atoms with Gasteiger partial charge >= 0.3 is 7.12 Å². The fourth-order valence-electron chi connectivity index (χ4n) is 2.54. The highest BCUT2D eigenvalue weighted by Gasteiger charge is 2.51. The third-order valence-electron chi connectivity index (χ3n) is 4.89. The molecule has 5 heteroatoms. The van der Waals surface area contributed by atoms with E-state index in [9.17, 15) is 0 Å². The maximum atomic E-state index is 6.10. The van der Waals surface area contributed by atoms with Crippen molar-refractivity contribution in [2.24, 2.45) is 0 Å². The first kappa shape index (κ1) is 16.7. The third kappa shape index (κ3) is 3.23. The normalized spacial score (nSPS) is 23.3. The molecule has 3 rings (SSSR count). The number of halogens is 1. The Bertz CT molecular complexity index is 487. The molecule has 1 heterocycles. The lowest BCUT2D eigenvalue weighted by atomic mass is 9.79. The zero-order valence-electron chi connectivity index (χ0n) is 13.3. The van der Waals surface area contributed by atoms with Crippen molar-refractivity contribution >= 4 is 30.7 Å². The van der Waals surface area contributed by atoms with E-state index < -0.39 is 0 Å². The highest BCUT2D eigenvalue weighted by Crippen LogP contribution is 2.36. The number of benzene rings is 1. The van der Waals surface area contributed by atoms with E-state index in [-0.39, 0.29) is 30.7 Å². The molecule has 1 aliphatic heterocycles. The van der Waals surface area contributed by atoms with Gasteiger partial charge in [-0.2, -0.15) is 0 Å². The van der Waals surface area contributed by atoms with E-state index in [1.807, 2.05) is 0 Å². The Morgan fingerprint density at radius 2 is 1.71 bits per heavy atom. The van der Waals surface area contributed by atoms with Gasteiger partial charge in [0, 0.05) is 11.7 Å². The summed E-state index contributed by atoms with van der Waals surface area (Å²) in [4.78, 5) is 0. The lowest BCUT2D eigenvalue weighted by molar-refractivity contribution is 0.00578. The van der Waals surface area contributed by atoms with Crippen molar-refractivity contribution in [3.63, 3.8) is 0 Å². The molecule has 0 unspecified atom stereocenters. The van der Waals surface area contributed by atoms with Crippen molar-refractivity contribution in [1.82, 2.24) is 0 Å². The number of hydrogen-bond donors (Lipinski definition) is 1. The number of nitrogens with one attached hydrogen (secondary N) is 1. The minimum atomic E-state index is -0.283. The van der Waals surface area contributed by atoms with Crippen molar-refractivity contribution in [1.29, 1.82) is 0 Å².